The van der Waals surface area contributed by atoms with Crippen LogP contribution in [-0.4, -0.2) is 61.9 Å². The first kappa shape index (κ1) is 34.1. The maximum absolute atomic E-state index is 14.8. The van der Waals surface area contributed by atoms with E-state index in [9.17, 15) is 50.2 Å². The standard InChI is InChI=1S/C31H28F7N3O5S/c1-2-5-23-29(46-20-14-24(47-16-20)31(36,37)38,9-4-11-40(23)26(42)25-21(30(33,34)35)6-3-10-39-25)28(45)41-15-18-12-19(32)8-7-17(18)13-22(41)27(43)44/h3,6-8,10,12,14,16,22-23H,2,4-5,9,11,13,15H2,1H3,(H,43,44)/t22-,23-,29+/m1/s1. The van der Waals surface area contributed by atoms with Gasteiger partial charge >= 0.3 is 18.3 Å². The Morgan fingerprint density at radius 1 is 1.06 bits per heavy atom. The van der Waals surface area contributed by atoms with Crippen LogP contribution in [-0.2, 0) is 34.9 Å². The smallest absolute Gasteiger partial charge is 0.425 e. The fraction of sp³-hybridized carbons (Fsp3) is 0.419. The van der Waals surface area contributed by atoms with Crippen molar-refractivity contribution in [2.45, 2.75) is 75.6 Å². The molecule has 0 spiro atoms. The number of likely N-dealkylation sites (tertiary alicyclic amines) is 1. The van der Waals surface area contributed by atoms with E-state index in [-0.39, 0.29) is 50.0 Å². The Balaban J connectivity index is 1.65. The van der Waals surface area contributed by atoms with Crippen LogP contribution in [0.2, 0.25) is 0 Å². The summed E-state index contributed by atoms with van der Waals surface area (Å²) in [4.78, 5) is 45.8. The third kappa shape index (κ3) is 6.64. The van der Waals surface area contributed by atoms with Crippen LogP contribution < -0.4 is 4.74 Å². The Kier molecular flexibility index (Phi) is 9.27. The highest BCUT2D eigenvalue weighted by Gasteiger charge is 2.57. The second kappa shape index (κ2) is 12.8. The number of amides is 2. The first-order chi connectivity index (χ1) is 22.1. The van der Waals surface area contributed by atoms with E-state index in [1.165, 1.54) is 6.07 Å². The number of benzene rings is 1. The van der Waals surface area contributed by atoms with Crippen molar-refractivity contribution in [2.75, 3.05) is 6.54 Å². The zero-order valence-corrected chi connectivity index (χ0v) is 25.5. The van der Waals surface area contributed by atoms with Gasteiger partial charge in [-0.05, 0) is 48.2 Å². The molecule has 0 radical (unpaired) electrons. The molecule has 3 atom stereocenters. The average molecular weight is 688 g/mol. The zero-order valence-electron chi connectivity index (χ0n) is 24.7. The predicted octanol–water partition coefficient (Wildman–Crippen LogP) is 6.58. The lowest BCUT2D eigenvalue weighted by molar-refractivity contribution is -0.168. The maximum atomic E-state index is 14.8. The molecule has 1 saturated heterocycles. The Morgan fingerprint density at radius 2 is 1.81 bits per heavy atom. The van der Waals surface area contributed by atoms with Gasteiger partial charge in [0.1, 0.15) is 28.2 Å². The highest BCUT2D eigenvalue weighted by molar-refractivity contribution is 7.10. The Labute approximate surface area is 267 Å². The van der Waals surface area contributed by atoms with E-state index < -0.39 is 82.1 Å². The van der Waals surface area contributed by atoms with Crippen molar-refractivity contribution in [1.29, 1.82) is 0 Å². The number of aromatic nitrogens is 1. The second-order valence-electron chi connectivity index (χ2n) is 11.3. The lowest BCUT2D eigenvalue weighted by Gasteiger charge is -2.51. The molecule has 4 heterocycles. The Bertz CT molecular complexity index is 1680. The number of pyridine rings is 1. The highest BCUT2D eigenvalue weighted by Crippen LogP contribution is 2.43. The van der Waals surface area contributed by atoms with Gasteiger partial charge in [-0.15, -0.1) is 11.3 Å². The van der Waals surface area contributed by atoms with Crippen LogP contribution >= 0.6 is 11.3 Å². The molecular weight excluding hydrogens is 659 g/mol. The fourth-order valence-corrected chi connectivity index (χ4v) is 6.98. The number of hydrogen-bond donors (Lipinski definition) is 1. The van der Waals surface area contributed by atoms with Crippen LogP contribution in [0.4, 0.5) is 30.7 Å². The second-order valence-corrected chi connectivity index (χ2v) is 12.3. The molecule has 252 valence electrons. The highest BCUT2D eigenvalue weighted by atomic mass is 32.1. The van der Waals surface area contributed by atoms with Crippen molar-refractivity contribution >= 4 is 29.1 Å². The molecule has 0 aliphatic carbocycles. The lowest BCUT2D eigenvalue weighted by Crippen LogP contribution is -2.69. The molecule has 3 aromatic rings. The minimum atomic E-state index is -4.96. The number of alkyl halides is 6. The number of ether oxygens (including phenoxy) is 1. The number of halogens is 7. The molecule has 5 rings (SSSR count). The minimum Gasteiger partial charge on any atom is -0.480 e. The number of hydrogen-bond acceptors (Lipinski definition) is 6. The molecule has 0 bridgehead atoms. The number of carbonyl (C=O) groups is 3. The number of carbonyl (C=O) groups excluding carboxylic acids is 2. The summed E-state index contributed by atoms with van der Waals surface area (Å²) in [6, 6.07) is 3.16. The lowest BCUT2D eigenvalue weighted by atomic mass is 9.79. The van der Waals surface area contributed by atoms with Crippen molar-refractivity contribution in [3.05, 3.63) is 81.1 Å². The number of thiophene rings is 1. The molecule has 8 nitrogen and oxygen atoms in total. The van der Waals surface area contributed by atoms with E-state index in [2.05, 4.69) is 4.98 Å². The first-order valence-electron chi connectivity index (χ1n) is 14.6. The van der Waals surface area contributed by atoms with Gasteiger partial charge in [-0.2, -0.15) is 26.3 Å². The summed E-state index contributed by atoms with van der Waals surface area (Å²) in [6.45, 7) is 1.11. The molecule has 0 saturated carbocycles. The van der Waals surface area contributed by atoms with Crippen molar-refractivity contribution in [3.8, 4) is 5.75 Å². The van der Waals surface area contributed by atoms with Crippen molar-refractivity contribution in [3.63, 3.8) is 0 Å². The monoisotopic (exact) mass is 687 g/mol. The van der Waals surface area contributed by atoms with Gasteiger partial charge in [0.15, 0.2) is 0 Å². The molecule has 16 heteroatoms. The number of aliphatic carboxylic acids is 1. The number of piperidine rings is 1. The Morgan fingerprint density at radius 3 is 2.45 bits per heavy atom. The van der Waals surface area contributed by atoms with Crippen LogP contribution in [0, 0.1) is 5.82 Å². The van der Waals surface area contributed by atoms with Gasteiger partial charge in [-0.3, -0.25) is 14.6 Å². The Hall–Kier alpha value is -4.21. The molecule has 2 aliphatic rings. The molecular formula is C31H28F7N3O5S. The molecule has 2 aliphatic heterocycles. The van der Waals surface area contributed by atoms with Gasteiger partial charge in [0.05, 0.1) is 11.6 Å². The number of carboxylic acids is 1. The first-order valence-corrected chi connectivity index (χ1v) is 15.4. The van der Waals surface area contributed by atoms with Gasteiger partial charge in [0.2, 0.25) is 5.60 Å². The quantitative estimate of drug-likeness (QED) is 0.282. The SMILES string of the molecule is CCC[C@H]1N(C(=O)c2ncccc2C(F)(F)F)CCC[C@@]1(Oc1csc(C(F)(F)F)c1)C(=O)N1Cc2cc(F)ccc2C[C@@H]1C(=O)O. The van der Waals surface area contributed by atoms with Gasteiger partial charge in [0.25, 0.3) is 11.8 Å². The number of rotatable bonds is 7. The normalized spacial score (nSPS) is 21.7. The fourth-order valence-electron chi connectivity index (χ4n) is 6.31. The van der Waals surface area contributed by atoms with Crippen molar-refractivity contribution < 1.29 is 55.0 Å². The largest absolute Gasteiger partial charge is 0.480 e. The number of carboxylic acid groups (broad SMARTS) is 1. The van der Waals surface area contributed by atoms with Crippen LogP contribution in [0.3, 0.4) is 0 Å². The van der Waals surface area contributed by atoms with E-state index >= 15 is 0 Å². The maximum Gasteiger partial charge on any atom is 0.425 e. The third-order valence-corrected chi connectivity index (χ3v) is 9.31. The summed E-state index contributed by atoms with van der Waals surface area (Å²) in [6.07, 6.45) is -9.02. The van der Waals surface area contributed by atoms with Crippen LogP contribution in [0.1, 0.15) is 64.7 Å². The summed E-state index contributed by atoms with van der Waals surface area (Å²) in [5.74, 6) is -4.65. The van der Waals surface area contributed by atoms with Gasteiger partial charge in [0, 0.05) is 43.6 Å². The summed E-state index contributed by atoms with van der Waals surface area (Å²) in [5.41, 5.74) is -3.74. The van der Waals surface area contributed by atoms with E-state index in [0.717, 1.165) is 39.6 Å². The van der Waals surface area contributed by atoms with Crippen LogP contribution in [0.5, 0.6) is 5.75 Å². The molecule has 0 unspecified atom stereocenters. The van der Waals surface area contributed by atoms with E-state index in [1.54, 1.807) is 6.92 Å². The number of nitrogens with zero attached hydrogens (tertiary/aromatic N) is 3. The van der Waals surface area contributed by atoms with Crippen molar-refractivity contribution in [1.82, 2.24) is 14.8 Å². The zero-order chi connectivity index (χ0) is 34.3. The summed E-state index contributed by atoms with van der Waals surface area (Å²) in [5, 5.41) is 11.2. The average Bonchev–Trinajstić information content (AvgIpc) is 3.49. The topological polar surface area (TPSA) is 100 Å². The van der Waals surface area contributed by atoms with Gasteiger partial charge < -0.3 is 19.6 Å². The van der Waals surface area contributed by atoms with E-state index in [0.29, 0.717) is 23.3 Å². The molecule has 2 amide bonds. The van der Waals surface area contributed by atoms with Crippen LogP contribution in [0.15, 0.2) is 48.0 Å². The van der Waals surface area contributed by atoms with Crippen LogP contribution in [0.25, 0.3) is 0 Å². The van der Waals surface area contributed by atoms with E-state index in [1.807, 2.05) is 0 Å². The predicted molar refractivity (Wildman–Crippen MR) is 153 cm³/mol. The number of fused-ring (bicyclic) bond motifs is 1. The summed E-state index contributed by atoms with van der Waals surface area (Å²) >= 11 is 0.286. The minimum absolute atomic E-state index is 0.0427. The molecule has 2 aromatic heterocycles. The van der Waals surface area contributed by atoms with E-state index in [4.69, 9.17) is 4.74 Å². The summed E-state index contributed by atoms with van der Waals surface area (Å²) < 4.78 is 103. The third-order valence-electron chi connectivity index (χ3n) is 8.36. The molecule has 1 N–H and O–H groups in total. The molecule has 1 fully saturated rings. The molecule has 47 heavy (non-hydrogen) atoms. The van der Waals surface area contributed by atoms with Gasteiger partial charge in [-0.1, -0.05) is 19.4 Å². The van der Waals surface area contributed by atoms with Gasteiger partial charge in [-0.25, -0.2) is 9.18 Å². The van der Waals surface area contributed by atoms with Crippen molar-refractivity contribution in [2.24, 2.45) is 0 Å². The summed E-state index contributed by atoms with van der Waals surface area (Å²) in [7, 11) is 0. The molecule has 1 aromatic carbocycles.